The molecule has 17 heavy (non-hydrogen) atoms. The predicted octanol–water partition coefficient (Wildman–Crippen LogP) is 2.24. The van der Waals surface area contributed by atoms with Gasteiger partial charge in [-0.05, 0) is 30.9 Å². The molecule has 1 aliphatic carbocycles. The summed E-state index contributed by atoms with van der Waals surface area (Å²) in [4.78, 5) is 15.8. The minimum Gasteiger partial charge on any atom is -0.384 e. The summed E-state index contributed by atoms with van der Waals surface area (Å²) in [7, 11) is 0. The lowest BCUT2D eigenvalue weighted by atomic mass is 10.1. The normalized spacial score (nSPS) is 23.6. The van der Waals surface area contributed by atoms with Crippen LogP contribution in [0, 0.1) is 5.92 Å². The highest BCUT2D eigenvalue weighted by molar-refractivity contribution is 6.29. The van der Waals surface area contributed by atoms with Gasteiger partial charge in [-0.25, -0.2) is 4.98 Å². The Kier molecular flexibility index (Phi) is 3.52. The number of aromatic nitrogens is 1. The molecule has 5 heteroatoms. The zero-order valence-corrected chi connectivity index (χ0v) is 10.5. The summed E-state index contributed by atoms with van der Waals surface area (Å²) in [5.74, 6) is 0.676. The average Bonchev–Trinajstić information content (AvgIpc) is 2.63. The molecule has 0 aliphatic heterocycles. The van der Waals surface area contributed by atoms with Crippen LogP contribution in [-0.2, 0) is 0 Å². The number of rotatable bonds is 2. The van der Waals surface area contributed by atoms with Crippen LogP contribution in [0.4, 0.5) is 5.82 Å². The quantitative estimate of drug-likeness (QED) is 0.795. The standard InChI is InChI=1S/C12H16ClN3O/c1-7-3-2-4-9(7)15-12(17)8-5-10(13)16-11(14)6-8/h5-7,9H,2-4H2,1H3,(H2,14,16)(H,15,17). The van der Waals surface area contributed by atoms with E-state index >= 15 is 0 Å². The smallest absolute Gasteiger partial charge is 0.251 e. The Morgan fingerprint density at radius 1 is 1.53 bits per heavy atom. The lowest BCUT2D eigenvalue weighted by Gasteiger charge is -2.17. The van der Waals surface area contributed by atoms with Crippen molar-refractivity contribution in [3.63, 3.8) is 0 Å². The molecule has 0 bridgehead atoms. The van der Waals surface area contributed by atoms with Crippen molar-refractivity contribution >= 4 is 23.3 Å². The van der Waals surface area contributed by atoms with Crippen molar-refractivity contribution < 1.29 is 4.79 Å². The van der Waals surface area contributed by atoms with E-state index in [-0.39, 0.29) is 22.9 Å². The second kappa shape index (κ2) is 4.92. The highest BCUT2D eigenvalue weighted by atomic mass is 35.5. The Balaban J connectivity index is 2.09. The first-order valence-electron chi connectivity index (χ1n) is 5.80. The summed E-state index contributed by atoms with van der Waals surface area (Å²) in [6.07, 6.45) is 3.39. The number of pyridine rings is 1. The van der Waals surface area contributed by atoms with Crippen molar-refractivity contribution in [2.75, 3.05) is 5.73 Å². The van der Waals surface area contributed by atoms with Gasteiger partial charge in [0.1, 0.15) is 11.0 Å². The largest absolute Gasteiger partial charge is 0.384 e. The van der Waals surface area contributed by atoms with Crippen LogP contribution in [0.25, 0.3) is 0 Å². The molecule has 0 radical (unpaired) electrons. The van der Waals surface area contributed by atoms with Crippen LogP contribution in [0.3, 0.4) is 0 Å². The minimum atomic E-state index is -0.125. The molecule has 1 amide bonds. The van der Waals surface area contributed by atoms with Crippen molar-refractivity contribution in [2.24, 2.45) is 5.92 Å². The number of carbonyl (C=O) groups excluding carboxylic acids is 1. The van der Waals surface area contributed by atoms with Crippen LogP contribution in [-0.4, -0.2) is 16.9 Å². The molecule has 0 saturated heterocycles. The molecule has 1 aromatic rings. The van der Waals surface area contributed by atoms with E-state index in [0.29, 0.717) is 11.5 Å². The van der Waals surface area contributed by atoms with Gasteiger partial charge in [-0.1, -0.05) is 24.9 Å². The molecule has 92 valence electrons. The Bertz CT molecular complexity index is 416. The lowest BCUT2D eigenvalue weighted by Crippen LogP contribution is -2.36. The maximum absolute atomic E-state index is 12.0. The van der Waals surface area contributed by atoms with Crippen molar-refractivity contribution in [2.45, 2.75) is 32.2 Å². The van der Waals surface area contributed by atoms with Crippen molar-refractivity contribution in [3.8, 4) is 0 Å². The number of anilines is 1. The molecule has 1 heterocycles. The van der Waals surface area contributed by atoms with E-state index in [2.05, 4.69) is 17.2 Å². The number of amides is 1. The molecule has 2 unspecified atom stereocenters. The highest BCUT2D eigenvalue weighted by Crippen LogP contribution is 2.25. The average molecular weight is 254 g/mol. The minimum absolute atomic E-state index is 0.125. The van der Waals surface area contributed by atoms with Gasteiger partial charge in [0.05, 0.1) is 0 Å². The zero-order valence-electron chi connectivity index (χ0n) is 9.74. The number of hydrogen-bond acceptors (Lipinski definition) is 3. The van der Waals surface area contributed by atoms with Crippen molar-refractivity contribution in [3.05, 3.63) is 22.8 Å². The summed E-state index contributed by atoms with van der Waals surface area (Å²) in [5, 5.41) is 3.26. The van der Waals surface area contributed by atoms with Gasteiger partial charge < -0.3 is 11.1 Å². The van der Waals surface area contributed by atoms with Gasteiger partial charge in [0.2, 0.25) is 0 Å². The van der Waals surface area contributed by atoms with E-state index in [4.69, 9.17) is 17.3 Å². The predicted molar refractivity (Wildman–Crippen MR) is 67.9 cm³/mol. The van der Waals surface area contributed by atoms with E-state index in [9.17, 15) is 4.79 Å². The molecule has 2 atom stereocenters. The Morgan fingerprint density at radius 2 is 2.29 bits per heavy atom. The summed E-state index contributed by atoms with van der Waals surface area (Å²) in [6.45, 7) is 2.16. The third kappa shape index (κ3) is 2.88. The summed E-state index contributed by atoms with van der Waals surface area (Å²) in [6, 6.07) is 3.34. The fourth-order valence-corrected chi connectivity index (χ4v) is 2.48. The third-order valence-electron chi connectivity index (χ3n) is 3.25. The van der Waals surface area contributed by atoms with Gasteiger partial charge in [0.15, 0.2) is 0 Å². The fourth-order valence-electron chi connectivity index (χ4n) is 2.26. The molecule has 4 nitrogen and oxygen atoms in total. The van der Waals surface area contributed by atoms with Gasteiger partial charge >= 0.3 is 0 Å². The van der Waals surface area contributed by atoms with E-state index < -0.39 is 0 Å². The molecule has 1 aliphatic rings. The third-order valence-corrected chi connectivity index (χ3v) is 3.45. The zero-order chi connectivity index (χ0) is 12.4. The SMILES string of the molecule is CC1CCCC1NC(=O)c1cc(N)nc(Cl)c1. The van der Waals surface area contributed by atoms with Crippen LogP contribution >= 0.6 is 11.6 Å². The van der Waals surface area contributed by atoms with Gasteiger partial charge in [-0.3, -0.25) is 4.79 Å². The van der Waals surface area contributed by atoms with E-state index in [1.807, 2.05) is 0 Å². The monoisotopic (exact) mass is 253 g/mol. The number of hydrogen-bond donors (Lipinski definition) is 2. The maximum atomic E-state index is 12.0. The van der Waals surface area contributed by atoms with Crippen LogP contribution in [0.2, 0.25) is 5.15 Å². The molecule has 0 spiro atoms. The Morgan fingerprint density at radius 3 is 2.88 bits per heavy atom. The number of nitrogens with one attached hydrogen (secondary N) is 1. The number of carbonyl (C=O) groups is 1. The number of nitrogen functional groups attached to an aromatic ring is 1. The molecule has 1 saturated carbocycles. The van der Waals surface area contributed by atoms with Gasteiger partial charge in [-0.15, -0.1) is 0 Å². The number of nitrogens with zero attached hydrogens (tertiary/aromatic N) is 1. The first kappa shape index (κ1) is 12.2. The second-order valence-electron chi connectivity index (χ2n) is 4.59. The number of halogens is 1. The molecule has 2 rings (SSSR count). The van der Waals surface area contributed by atoms with Crippen molar-refractivity contribution in [1.82, 2.24) is 10.3 Å². The first-order chi connectivity index (χ1) is 8.06. The Hall–Kier alpha value is -1.29. The van der Waals surface area contributed by atoms with Crippen LogP contribution in [0.5, 0.6) is 0 Å². The molecular formula is C12H16ClN3O. The summed E-state index contributed by atoms with van der Waals surface area (Å²) >= 11 is 5.77. The molecule has 1 aromatic heterocycles. The molecule has 3 N–H and O–H groups in total. The molecular weight excluding hydrogens is 238 g/mol. The summed E-state index contributed by atoms with van der Waals surface area (Å²) < 4.78 is 0. The van der Waals surface area contributed by atoms with E-state index in [0.717, 1.165) is 6.42 Å². The topological polar surface area (TPSA) is 68.0 Å². The maximum Gasteiger partial charge on any atom is 0.251 e. The summed E-state index contributed by atoms with van der Waals surface area (Å²) in [5.41, 5.74) is 6.03. The lowest BCUT2D eigenvalue weighted by molar-refractivity contribution is 0.0929. The van der Waals surface area contributed by atoms with Crippen LogP contribution in [0.15, 0.2) is 12.1 Å². The van der Waals surface area contributed by atoms with Gasteiger partial charge in [0, 0.05) is 11.6 Å². The van der Waals surface area contributed by atoms with Gasteiger partial charge in [0.25, 0.3) is 5.91 Å². The highest BCUT2D eigenvalue weighted by Gasteiger charge is 2.25. The van der Waals surface area contributed by atoms with Crippen LogP contribution in [0.1, 0.15) is 36.5 Å². The second-order valence-corrected chi connectivity index (χ2v) is 4.98. The first-order valence-corrected chi connectivity index (χ1v) is 6.18. The fraction of sp³-hybridized carbons (Fsp3) is 0.500. The number of nitrogens with two attached hydrogens (primary N) is 1. The molecule has 0 aromatic carbocycles. The van der Waals surface area contributed by atoms with Gasteiger partial charge in [-0.2, -0.15) is 0 Å². The van der Waals surface area contributed by atoms with E-state index in [1.165, 1.54) is 18.9 Å². The molecule has 1 fully saturated rings. The van der Waals surface area contributed by atoms with Crippen molar-refractivity contribution in [1.29, 1.82) is 0 Å². The van der Waals surface area contributed by atoms with Crippen LogP contribution < -0.4 is 11.1 Å². The van der Waals surface area contributed by atoms with E-state index in [1.54, 1.807) is 6.07 Å². The Labute approximate surface area is 106 Å².